The first kappa shape index (κ1) is 24.6. The lowest BCUT2D eigenvalue weighted by Crippen LogP contribution is -2.59. The molecular weight excluding hydrogens is 517 g/mol. The summed E-state index contributed by atoms with van der Waals surface area (Å²) in [6, 6.07) is 0.707. The van der Waals surface area contributed by atoms with E-state index in [1.807, 2.05) is 18.7 Å². The standard InChI is InChI=1S/C20H23BrClF3N4O3/c1-9-8-29(19(30)32-20(3,4)5)10(2)7-28(9)16-11-6-12(31-18(24)25)13(21)14(23)15(11)26-17(22)27-16/h6,9-10,18H,7-8H2,1-5H3. The molecule has 3 rings (SSSR count). The van der Waals surface area contributed by atoms with Gasteiger partial charge in [-0.25, -0.2) is 14.2 Å². The second-order valence-electron chi connectivity index (χ2n) is 8.58. The lowest BCUT2D eigenvalue weighted by Gasteiger charge is -2.44. The maximum absolute atomic E-state index is 14.9. The van der Waals surface area contributed by atoms with Crippen molar-refractivity contribution in [3.8, 4) is 5.75 Å². The van der Waals surface area contributed by atoms with E-state index in [-0.39, 0.29) is 44.3 Å². The van der Waals surface area contributed by atoms with Crippen LogP contribution in [0.3, 0.4) is 0 Å². The first-order chi connectivity index (χ1) is 14.8. The number of hydrogen-bond donors (Lipinski definition) is 0. The second-order valence-corrected chi connectivity index (χ2v) is 9.71. The van der Waals surface area contributed by atoms with Crippen molar-refractivity contribution in [1.82, 2.24) is 14.9 Å². The van der Waals surface area contributed by atoms with E-state index in [0.717, 1.165) is 0 Å². The third-order valence-electron chi connectivity index (χ3n) is 4.89. The van der Waals surface area contributed by atoms with Crippen molar-refractivity contribution in [2.24, 2.45) is 0 Å². The highest BCUT2D eigenvalue weighted by atomic mass is 79.9. The van der Waals surface area contributed by atoms with Crippen LogP contribution in [0.15, 0.2) is 10.5 Å². The lowest BCUT2D eigenvalue weighted by atomic mass is 10.1. The van der Waals surface area contributed by atoms with Gasteiger partial charge in [-0.1, -0.05) is 0 Å². The Balaban J connectivity index is 2.02. The number of aromatic nitrogens is 2. The lowest BCUT2D eigenvalue weighted by molar-refractivity contribution is -0.0504. The van der Waals surface area contributed by atoms with Gasteiger partial charge in [0, 0.05) is 30.6 Å². The third-order valence-corrected chi connectivity index (χ3v) is 5.80. The number of carbonyl (C=O) groups excluding carboxylic acids is 1. The minimum absolute atomic E-state index is 0.136. The SMILES string of the molecule is CC1CN(c2nc(Cl)nc3c(F)c(Br)c(OC(F)F)cc23)C(C)CN1C(=O)OC(C)(C)C. The Morgan fingerprint density at radius 1 is 1.25 bits per heavy atom. The van der Waals surface area contributed by atoms with Crippen LogP contribution >= 0.6 is 27.5 Å². The first-order valence-corrected chi connectivity index (χ1v) is 11.0. The van der Waals surface area contributed by atoms with Crippen molar-refractivity contribution < 1.29 is 27.4 Å². The zero-order valence-electron chi connectivity index (χ0n) is 18.1. The van der Waals surface area contributed by atoms with E-state index < -0.39 is 24.1 Å². The van der Waals surface area contributed by atoms with Crippen LogP contribution in [0.4, 0.5) is 23.8 Å². The Morgan fingerprint density at radius 2 is 1.91 bits per heavy atom. The highest BCUT2D eigenvalue weighted by molar-refractivity contribution is 9.10. The Labute approximate surface area is 197 Å². The third kappa shape index (κ3) is 5.14. The van der Waals surface area contributed by atoms with Crippen molar-refractivity contribution >= 4 is 50.3 Å². The fourth-order valence-electron chi connectivity index (χ4n) is 3.54. The smallest absolute Gasteiger partial charge is 0.410 e. The van der Waals surface area contributed by atoms with Gasteiger partial charge >= 0.3 is 12.7 Å². The quantitative estimate of drug-likeness (QED) is 0.472. The van der Waals surface area contributed by atoms with Gasteiger partial charge in [0.1, 0.15) is 22.7 Å². The van der Waals surface area contributed by atoms with Crippen molar-refractivity contribution in [1.29, 1.82) is 0 Å². The molecule has 0 saturated carbocycles. The van der Waals surface area contributed by atoms with Crippen LogP contribution in [-0.2, 0) is 4.74 Å². The van der Waals surface area contributed by atoms with Crippen LogP contribution in [0.2, 0.25) is 5.28 Å². The van der Waals surface area contributed by atoms with Crippen LogP contribution in [0.5, 0.6) is 5.75 Å². The number of nitrogens with zero attached hydrogens (tertiary/aromatic N) is 4. The van der Waals surface area contributed by atoms with E-state index in [4.69, 9.17) is 16.3 Å². The highest BCUT2D eigenvalue weighted by Crippen LogP contribution is 2.39. The number of amides is 1. The number of carbonyl (C=O) groups is 1. The van der Waals surface area contributed by atoms with Gasteiger partial charge < -0.3 is 19.3 Å². The topological polar surface area (TPSA) is 67.8 Å². The van der Waals surface area contributed by atoms with Gasteiger partial charge in [-0.3, -0.25) is 0 Å². The Bertz CT molecular complexity index is 1040. The molecule has 0 radical (unpaired) electrons. The van der Waals surface area contributed by atoms with Crippen LogP contribution in [-0.4, -0.2) is 58.3 Å². The zero-order valence-corrected chi connectivity index (χ0v) is 20.5. The molecule has 1 saturated heterocycles. The van der Waals surface area contributed by atoms with Crippen LogP contribution in [0, 0.1) is 5.82 Å². The molecule has 7 nitrogen and oxygen atoms in total. The summed E-state index contributed by atoms with van der Waals surface area (Å²) >= 11 is 9.00. The summed E-state index contributed by atoms with van der Waals surface area (Å²) in [4.78, 5) is 24.2. The monoisotopic (exact) mass is 538 g/mol. The number of alkyl halides is 2. The molecule has 1 aliphatic heterocycles. The number of rotatable bonds is 3. The number of ether oxygens (including phenoxy) is 2. The van der Waals surface area contributed by atoms with E-state index in [2.05, 4.69) is 30.6 Å². The van der Waals surface area contributed by atoms with Gasteiger partial charge in [0.25, 0.3) is 0 Å². The Kier molecular flexibility index (Phi) is 6.99. The summed E-state index contributed by atoms with van der Waals surface area (Å²) in [5.41, 5.74) is -0.776. The molecule has 1 amide bonds. The summed E-state index contributed by atoms with van der Waals surface area (Å²) < 4.78 is 50.2. The number of benzene rings is 1. The molecule has 0 bridgehead atoms. The second kappa shape index (κ2) is 9.09. The summed E-state index contributed by atoms with van der Waals surface area (Å²) in [5, 5.41) is -0.0363. The van der Waals surface area contributed by atoms with E-state index in [0.29, 0.717) is 13.1 Å². The van der Waals surface area contributed by atoms with Gasteiger partial charge in [-0.05, 0) is 68.2 Å². The van der Waals surface area contributed by atoms with Crippen LogP contribution in [0.25, 0.3) is 10.9 Å². The van der Waals surface area contributed by atoms with Crippen molar-refractivity contribution in [2.75, 3.05) is 18.0 Å². The molecule has 2 aromatic rings. The maximum atomic E-state index is 14.9. The normalized spacial score (nSPS) is 19.6. The van der Waals surface area contributed by atoms with Gasteiger partial charge in [0.15, 0.2) is 5.82 Å². The molecule has 0 aliphatic carbocycles. The molecule has 2 unspecified atom stereocenters. The largest absolute Gasteiger partial charge is 0.444 e. The fourth-order valence-corrected chi connectivity index (χ4v) is 4.10. The molecule has 0 spiro atoms. The van der Waals surface area contributed by atoms with Gasteiger partial charge in [-0.2, -0.15) is 13.8 Å². The van der Waals surface area contributed by atoms with Crippen molar-refractivity contribution in [3.05, 3.63) is 21.6 Å². The van der Waals surface area contributed by atoms with Crippen molar-refractivity contribution in [2.45, 2.75) is 58.9 Å². The van der Waals surface area contributed by atoms with E-state index in [1.54, 1.807) is 25.7 Å². The van der Waals surface area contributed by atoms with Gasteiger partial charge in [0.2, 0.25) is 5.28 Å². The van der Waals surface area contributed by atoms with E-state index in [9.17, 15) is 18.0 Å². The minimum Gasteiger partial charge on any atom is -0.444 e. The van der Waals surface area contributed by atoms with E-state index in [1.165, 1.54) is 6.07 Å². The number of fused-ring (bicyclic) bond motifs is 1. The average molecular weight is 540 g/mol. The van der Waals surface area contributed by atoms with Gasteiger partial charge in [0.05, 0.1) is 4.47 Å². The maximum Gasteiger partial charge on any atom is 0.410 e. The number of piperazine rings is 1. The van der Waals surface area contributed by atoms with Crippen LogP contribution in [0.1, 0.15) is 34.6 Å². The van der Waals surface area contributed by atoms with Gasteiger partial charge in [-0.15, -0.1) is 0 Å². The molecule has 2 heterocycles. The fraction of sp³-hybridized carbons (Fsp3) is 0.550. The summed E-state index contributed by atoms with van der Waals surface area (Å²) in [6.07, 6.45) is -0.440. The molecule has 0 N–H and O–H groups in total. The van der Waals surface area contributed by atoms with Crippen LogP contribution < -0.4 is 9.64 Å². The summed E-state index contributed by atoms with van der Waals surface area (Å²) in [6.45, 7) is 6.55. The average Bonchev–Trinajstić information content (AvgIpc) is 2.65. The predicted molar refractivity (Wildman–Crippen MR) is 118 cm³/mol. The molecule has 1 aromatic carbocycles. The Morgan fingerprint density at radius 3 is 2.50 bits per heavy atom. The molecule has 2 atom stereocenters. The number of anilines is 1. The molecule has 176 valence electrons. The predicted octanol–water partition coefficient (Wildman–Crippen LogP) is 5.62. The highest BCUT2D eigenvalue weighted by Gasteiger charge is 2.36. The molecule has 32 heavy (non-hydrogen) atoms. The zero-order chi connectivity index (χ0) is 24.0. The minimum atomic E-state index is -3.14. The van der Waals surface area contributed by atoms with Crippen molar-refractivity contribution in [3.63, 3.8) is 0 Å². The molecule has 1 aliphatic rings. The van der Waals surface area contributed by atoms with E-state index >= 15 is 0 Å². The molecule has 1 aromatic heterocycles. The number of hydrogen-bond acceptors (Lipinski definition) is 6. The first-order valence-electron chi connectivity index (χ1n) is 9.84. The Hall–Kier alpha value is -2.01. The molecule has 1 fully saturated rings. The molecule has 12 heteroatoms. The summed E-state index contributed by atoms with van der Waals surface area (Å²) in [7, 11) is 0. The summed E-state index contributed by atoms with van der Waals surface area (Å²) in [5.74, 6) is -1.02. The number of halogens is 5. The molecular formula is C20H23BrClF3N4O3.